The van der Waals surface area contributed by atoms with Crippen molar-refractivity contribution >= 4 is 17.5 Å². The number of benzene rings is 3. The van der Waals surface area contributed by atoms with Gasteiger partial charge in [0.2, 0.25) is 5.88 Å². The number of anilines is 1. The first kappa shape index (κ1) is 28.2. The third-order valence-electron chi connectivity index (χ3n) is 6.49. The lowest BCUT2D eigenvalue weighted by molar-refractivity contribution is -0.131. The smallest absolute Gasteiger partial charge is 0.263 e. The minimum absolute atomic E-state index is 0.247. The van der Waals surface area contributed by atoms with Crippen molar-refractivity contribution in [1.82, 2.24) is 15.3 Å². The van der Waals surface area contributed by atoms with Crippen LogP contribution in [-0.4, -0.2) is 48.6 Å². The van der Waals surface area contributed by atoms with E-state index < -0.39 is 6.04 Å². The van der Waals surface area contributed by atoms with E-state index in [0.29, 0.717) is 24.4 Å². The molecular formula is C32H34N4O4. The first-order valence-corrected chi connectivity index (χ1v) is 13.1. The molecule has 4 rings (SSSR count). The van der Waals surface area contributed by atoms with Gasteiger partial charge in [0.05, 0.1) is 19.9 Å². The number of amides is 2. The number of carbonyl (C=O) groups is 2. The van der Waals surface area contributed by atoms with E-state index in [4.69, 9.17) is 9.47 Å². The van der Waals surface area contributed by atoms with E-state index in [1.54, 1.807) is 26.5 Å². The molecule has 0 aliphatic carbocycles. The average molecular weight is 539 g/mol. The van der Waals surface area contributed by atoms with Crippen molar-refractivity contribution in [3.05, 3.63) is 108 Å². The molecule has 0 fully saturated rings. The van der Waals surface area contributed by atoms with E-state index in [1.165, 1.54) is 5.01 Å². The van der Waals surface area contributed by atoms with Crippen molar-refractivity contribution in [1.29, 1.82) is 0 Å². The van der Waals surface area contributed by atoms with Crippen molar-refractivity contribution in [2.24, 2.45) is 0 Å². The van der Waals surface area contributed by atoms with Crippen LogP contribution in [0.5, 0.6) is 11.6 Å². The molecule has 1 heterocycles. The van der Waals surface area contributed by atoms with E-state index in [-0.39, 0.29) is 11.8 Å². The van der Waals surface area contributed by atoms with Crippen LogP contribution >= 0.6 is 0 Å². The number of nitrogens with zero attached hydrogens (tertiary/aromatic N) is 2. The third-order valence-corrected chi connectivity index (χ3v) is 6.49. The molecule has 2 N–H and O–H groups in total. The molecule has 8 heteroatoms. The zero-order valence-corrected chi connectivity index (χ0v) is 23.2. The van der Waals surface area contributed by atoms with Crippen LogP contribution in [0.4, 0.5) is 5.69 Å². The molecule has 8 nitrogen and oxygen atoms in total. The second-order valence-corrected chi connectivity index (χ2v) is 9.31. The fourth-order valence-corrected chi connectivity index (χ4v) is 4.27. The van der Waals surface area contributed by atoms with Gasteiger partial charge in [0.1, 0.15) is 11.8 Å². The molecule has 0 saturated carbocycles. The summed E-state index contributed by atoms with van der Waals surface area (Å²) >= 11 is 0. The molecule has 0 aliphatic heterocycles. The number of aromatic nitrogens is 1. The third kappa shape index (κ3) is 7.17. The number of pyridine rings is 1. The standard InChI is InChI=1S/C32H34N4O4/c1-5-36(35-27-14-16-28(39-3)17-15-27)32(38)29(34-31(37)25-8-6-7-22(2)19-25)20-23-9-11-24(12-10-23)26-13-18-30(40-4)33-21-26/h6-19,21,29,35H,5,20H2,1-4H3,(H,34,37). The quantitative estimate of drug-likeness (QED) is 0.252. The molecule has 40 heavy (non-hydrogen) atoms. The lowest BCUT2D eigenvalue weighted by Crippen LogP contribution is -2.51. The fourth-order valence-electron chi connectivity index (χ4n) is 4.27. The zero-order chi connectivity index (χ0) is 28.5. The molecular weight excluding hydrogens is 504 g/mol. The Balaban J connectivity index is 1.56. The van der Waals surface area contributed by atoms with Crippen molar-refractivity contribution in [2.75, 3.05) is 26.2 Å². The Bertz CT molecular complexity index is 1420. The maximum Gasteiger partial charge on any atom is 0.263 e. The van der Waals surface area contributed by atoms with Crippen LogP contribution in [0.2, 0.25) is 0 Å². The molecule has 2 amide bonds. The number of nitrogens with one attached hydrogen (secondary N) is 2. The van der Waals surface area contributed by atoms with Gasteiger partial charge in [-0.05, 0) is 67.4 Å². The van der Waals surface area contributed by atoms with Crippen molar-refractivity contribution in [2.45, 2.75) is 26.3 Å². The van der Waals surface area contributed by atoms with Gasteiger partial charge in [-0.25, -0.2) is 4.98 Å². The zero-order valence-electron chi connectivity index (χ0n) is 23.2. The summed E-state index contributed by atoms with van der Waals surface area (Å²) in [6.45, 7) is 4.20. The molecule has 3 aromatic carbocycles. The van der Waals surface area contributed by atoms with Crippen LogP contribution in [-0.2, 0) is 11.2 Å². The number of methoxy groups -OCH3 is 2. The van der Waals surface area contributed by atoms with Crippen molar-refractivity contribution in [3.63, 3.8) is 0 Å². The summed E-state index contributed by atoms with van der Waals surface area (Å²) in [5, 5.41) is 4.49. The van der Waals surface area contributed by atoms with E-state index in [2.05, 4.69) is 15.7 Å². The molecule has 0 aliphatic rings. The number of hydrogen-bond donors (Lipinski definition) is 2. The van der Waals surface area contributed by atoms with Crippen LogP contribution in [0.25, 0.3) is 11.1 Å². The Labute approximate surface area is 234 Å². The van der Waals surface area contributed by atoms with Gasteiger partial charge in [-0.15, -0.1) is 0 Å². The van der Waals surface area contributed by atoms with Crippen LogP contribution in [0.1, 0.15) is 28.4 Å². The second kappa shape index (κ2) is 13.3. The van der Waals surface area contributed by atoms with Gasteiger partial charge < -0.3 is 14.8 Å². The highest BCUT2D eigenvalue weighted by molar-refractivity contribution is 5.98. The summed E-state index contributed by atoms with van der Waals surface area (Å²) in [4.78, 5) is 31.3. The molecule has 4 aromatic rings. The van der Waals surface area contributed by atoms with Gasteiger partial charge in [0.25, 0.3) is 11.8 Å². The van der Waals surface area contributed by atoms with Gasteiger partial charge in [0.15, 0.2) is 0 Å². The molecule has 0 bridgehead atoms. The van der Waals surface area contributed by atoms with Crippen LogP contribution in [0, 0.1) is 6.92 Å². The fraction of sp³-hybridized carbons (Fsp3) is 0.219. The maximum absolute atomic E-state index is 13.8. The molecule has 0 radical (unpaired) electrons. The summed E-state index contributed by atoms with van der Waals surface area (Å²) in [6.07, 6.45) is 2.07. The largest absolute Gasteiger partial charge is 0.497 e. The minimum Gasteiger partial charge on any atom is -0.497 e. The maximum atomic E-state index is 13.8. The number of ether oxygens (including phenoxy) is 2. The molecule has 0 spiro atoms. The summed E-state index contributed by atoms with van der Waals surface area (Å²) in [6, 6.07) is 25.5. The Hall–Kier alpha value is -4.85. The van der Waals surface area contributed by atoms with Crippen LogP contribution < -0.4 is 20.2 Å². The van der Waals surface area contributed by atoms with E-state index >= 15 is 0 Å². The summed E-state index contributed by atoms with van der Waals surface area (Å²) < 4.78 is 10.4. The number of hydrogen-bond acceptors (Lipinski definition) is 6. The van der Waals surface area contributed by atoms with Gasteiger partial charge >= 0.3 is 0 Å². The molecule has 0 saturated heterocycles. The predicted molar refractivity (Wildman–Crippen MR) is 156 cm³/mol. The van der Waals surface area contributed by atoms with Gasteiger partial charge in [-0.2, -0.15) is 0 Å². The average Bonchev–Trinajstić information content (AvgIpc) is 3.00. The highest BCUT2D eigenvalue weighted by atomic mass is 16.5. The van der Waals surface area contributed by atoms with Gasteiger partial charge in [0, 0.05) is 36.4 Å². The van der Waals surface area contributed by atoms with Crippen LogP contribution in [0.3, 0.4) is 0 Å². The number of aryl methyl sites for hydroxylation is 1. The summed E-state index contributed by atoms with van der Waals surface area (Å²) in [5.41, 5.74) is 8.23. The lowest BCUT2D eigenvalue weighted by atomic mass is 10.0. The highest BCUT2D eigenvalue weighted by Crippen LogP contribution is 2.22. The van der Waals surface area contributed by atoms with E-state index in [0.717, 1.165) is 33.7 Å². The Morgan fingerprint density at radius 1 is 0.900 bits per heavy atom. The number of rotatable bonds is 11. The molecule has 1 atom stereocenters. The Kier molecular flexibility index (Phi) is 9.35. The van der Waals surface area contributed by atoms with E-state index in [1.807, 2.05) is 92.7 Å². The second-order valence-electron chi connectivity index (χ2n) is 9.31. The highest BCUT2D eigenvalue weighted by Gasteiger charge is 2.26. The normalized spacial score (nSPS) is 11.3. The first-order valence-electron chi connectivity index (χ1n) is 13.1. The molecule has 1 unspecified atom stereocenters. The molecule has 206 valence electrons. The Morgan fingerprint density at radius 2 is 1.62 bits per heavy atom. The number of carbonyl (C=O) groups excluding carboxylic acids is 2. The van der Waals surface area contributed by atoms with Gasteiger partial charge in [-0.1, -0.05) is 42.0 Å². The SMILES string of the molecule is CCN(Nc1ccc(OC)cc1)C(=O)C(Cc1ccc(-c2ccc(OC)nc2)cc1)NC(=O)c1cccc(C)c1. The van der Waals surface area contributed by atoms with E-state index in [9.17, 15) is 9.59 Å². The topological polar surface area (TPSA) is 92.8 Å². The molecule has 1 aromatic heterocycles. The monoisotopic (exact) mass is 538 g/mol. The predicted octanol–water partition coefficient (Wildman–Crippen LogP) is 5.29. The number of likely N-dealkylation sites (N-methyl/N-ethyl adjacent to an activating group) is 1. The lowest BCUT2D eigenvalue weighted by Gasteiger charge is -2.28. The van der Waals surface area contributed by atoms with Gasteiger partial charge in [-0.3, -0.25) is 20.0 Å². The van der Waals surface area contributed by atoms with Crippen molar-refractivity contribution in [3.8, 4) is 22.8 Å². The number of hydrazine groups is 1. The summed E-state index contributed by atoms with van der Waals surface area (Å²) in [5.74, 6) is 0.720. The van der Waals surface area contributed by atoms with Crippen LogP contribution in [0.15, 0.2) is 91.1 Å². The minimum atomic E-state index is -0.799. The Morgan fingerprint density at radius 3 is 2.23 bits per heavy atom. The first-order chi connectivity index (χ1) is 19.4. The summed E-state index contributed by atoms with van der Waals surface area (Å²) in [7, 11) is 3.19. The van der Waals surface area contributed by atoms with Crippen molar-refractivity contribution < 1.29 is 19.1 Å².